The summed E-state index contributed by atoms with van der Waals surface area (Å²) in [6.45, 7) is 9.85. The van der Waals surface area contributed by atoms with E-state index in [2.05, 4.69) is 54.1 Å². The van der Waals surface area contributed by atoms with Crippen LogP contribution in [0.5, 0.6) is 0 Å². The normalized spacial score (nSPS) is 14.2. The van der Waals surface area contributed by atoms with Crippen LogP contribution < -0.4 is 10.2 Å². The smallest absolute Gasteiger partial charge is 0.173 e. The van der Waals surface area contributed by atoms with Gasteiger partial charge in [-0.15, -0.1) is 0 Å². The third-order valence-electron chi connectivity index (χ3n) is 5.95. The van der Waals surface area contributed by atoms with Gasteiger partial charge in [0.1, 0.15) is 0 Å². The number of fused-ring (bicyclic) bond motifs is 1. The van der Waals surface area contributed by atoms with E-state index < -0.39 is 0 Å². The SMILES string of the molecule is CCCCN1CCCc2cc(CN(C(=S)Nc3cccc(Cl)c3)[C@H](C)CC)ccc21. The molecule has 1 N–H and O–H groups in total. The van der Waals surface area contributed by atoms with Crippen molar-refractivity contribution in [1.82, 2.24) is 4.90 Å². The fourth-order valence-electron chi connectivity index (χ4n) is 4.01. The molecule has 5 heteroatoms. The molecule has 30 heavy (non-hydrogen) atoms. The molecule has 0 aromatic heterocycles. The van der Waals surface area contributed by atoms with Gasteiger partial charge < -0.3 is 15.1 Å². The molecule has 3 rings (SSSR count). The van der Waals surface area contributed by atoms with Crippen molar-refractivity contribution in [3.63, 3.8) is 0 Å². The number of nitrogens with one attached hydrogen (secondary N) is 1. The highest BCUT2D eigenvalue weighted by molar-refractivity contribution is 7.80. The van der Waals surface area contributed by atoms with Gasteiger partial charge in [0.05, 0.1) is 0 Å². The lowest BCUT2D eigenvalue weighted by Crippen LogP contribution is -2.40. The lowest BCUT2D eigenvalue weighted by atomic mass is 9.98. The standard InChI is InChI=1S/C25H34ClN3S/c1-4-6-14-28-15-8-9-21-16-20(12-13-24(21)28)18-29(19(3)5-2)25(30)27-23-11-7-10-22(26)17-23/h7,10-13,16-17,19H,4-6,8-9,14-15,18H2,1-3H3,(H,27,30)/t19-/m1/s1. The number of hydrogen-bond acceptors (Lipinski definition) is 2. The second kappa shape index (κ2) is 11.0. The summed E-state index contributed by atoms with van der Waals surface area (Å²) in [5, 5.41) is 4.83. The predicted octanol–water partition coefficient (Wildman–Crippen LogP) is 6.89. The minimum atomic E-state index is 0.348. The molecular weight excluding hydrogens is 410 g/mol. The fourth-order valence-corrected chi connectivity index (χ4v) is 4.57. The first-order chi connectivity index (χ1) is 14.5. The van der Waals surface area contributed by atoms with E-state index in [1.165, 1.54) is 49.0 Å². The zero-order valence-electron chi connectivity index (χ0n) is 18.5. The largest absolute Gasteiger partial charge is 0.371 e. The van der Waals surface area contributed by atoms with E-state index in [1.54, 1.807) is 0 Å². The predicted molar refractivity (Wildman–Crippen MR) is 135 cm³/mol. The average molecular weight is 444 g/mol. The monoisotopic (exact) mass is 443 g/mol. The Bertz CT molecular complexity index is 854. The fraction of sp³-hybridized carbons (Fsp3) is 0.480. The topological polar surface area (TPSA) is 18.5 Å². The Balaban J connectivity index is 1.75. The van der Waals surface area contributed by atoms with E-state index >= 15 is 0 Å². The van der Waals surface area contributed by atoms with E-state index in [9.17, 15) is 0 Å². The molecule has 0 spiro atoms. The van der Waals surface area contributed by atoms with Gasteiger partial charge in [-0.1, -0.05) is 50.1 Å². The van der Waals surface area contributed by atoms with Gasteiger partial charge >= 0.3 is 0 Å². The van der Waals surface area contributed by atoms with Gasteiger partial charge in [0.2, 0.25) is 0 Å². The second-order valence-electron chi connectivity index (χ2n) is 8.23. The van der Waals surface area contributed by atoms with Crippen LogP contribution in [0.25, 0.3) is 0 Å². The van der Waals surface area contributed by atoms with Gasteiger partial charge in [-0.05, 0) is 80.2 Å². The lowest BCUT2D eigenvalue weighted by Gasteiger charge is -2.34. The summed E-state index contributed by atoms with van der Waals surface area (Å²) in [6, 6.07) is 15.1. The zero-order valence-corrected chi connectivity index (χ0v) is 20.0. The molecule has 1 heterocycles. The van der Waals surface area contributed by atoms with E-state index in [0.717, 1.165) is 30.3 Å². The van der Waals surface area contributed by atoms with Gasteiger partial charge in [0, 0.05) is 42.1 Å². The number of nitrogens with zero attached hydrogens (tertiary/aromatic N) is 2. The summed E-state index contributed by atoms with van der Waals surface area (Å²) in [4.78, 5) is 4.85. The summed E-state index contributed by atoms with van der Waals surface area (Å²) in [7, 11) is 0. The summed E-state index contributed by atoms with van der Waals surface area (Å²) in [5.41, 5.74) is 5.15. The maximum absolute atomic E-state index is 6.14. The van der Waals surface area contributed by atoms with Gasteiger partial charge in [0.15, 0.2) is 5.11 Å². The number of thiocarbonyl (C=S) groups is 1. The van der Waals surface area contributed by atoms with Crippen LogP contribution in [0.3, 0.4) is 0 Å². The summed E-state index contributed by atoms with van der Waals surface area (Å²) >= 11 is 11.9. The number of anilines is 2. The summed E-state index contributed by atoms with van der Waals surface area (Å²) < 4.78 is 0. The van der Waals surface area contributed by atoms with Gasteiger partial charge in [0.25, 0.3) is 0 Å². The third-order valence-corrected chi connectivity index (χ3v) is 6.52. The molecule has 0 radical (unpaired) electrons. The molecule has 0 bridgehead atoms. The molecule has 0 aliphatic carbocycles. The molecule has 1 atom stereocenters. The number of aryl methyl sites for hydroxylation is 1. The van der Waals surface area contributed by atoms with Crippen molar-refractivity contribution in [2.75, 3.05) is 23.3 Å². The Labute approximate surface area is 192 Å². The number of unbranched alkanes of at least 4 members (excludes halogenated alkanes) is 1. The molecule has 0 saturated heterocycles. The average Bonchev–Trinajstić information content (AvgIpc) is 2.75. The minimum absolute atomic E-state index is 0.348. The van der Waals surface area contributed by atoms with Crippen molar-refractivity contribution in [1.29, 1.82) is 0 Å². The Morgan fingerprint density at radius 1 is 1.23 bits per heavy atom. The van der Waals surface area contributed by atoms with Gasteiger partial charge in [-0.25, -0.2) is 0 Å². The van der Waals surface area contributed by atoms with E-state index in [4.69, 9.17) is 23.8 Å². The number of benzene rings is 2. The highest BCUT2D eigenvalue weighted by Gasteiger charge is 2.20. The van der Waals surface area contributed by atoms with Crippen LogP contribution in [0, 0.1) is 0 Å². The lowest BCUT2D eigenvalue weighted by molar-refractivity contribution is 0.319. The van der Waals surface area contributed by atoms with E-state index in [-0.39, 0.29) is 0 Å². The van der Waals surface area contributed by atoms with Crippen LogP contribution in [-0.2, 0) is 13.0 Å². The maximum atomic E-state index is 6.14. The molecule has 1 aliphatic heterocycles. The van der Waals surface area contributed by atoms with Gasteiger partial charge in [-0.3, -0.25) is 0 Å². The van der Waals surface area contributed by atoms with Crippen molar-refractivity contribution in [3.8, 4) is 0 Å². The molecule has 2 aromatic rings. The Kier molecular flexibility index (Phi) is 8.41. The van der Waals surface area contributed by atoms with Crippen LogP contribution in [-0.4, -0.2) is 29.1 Å². The second-order valence-corrected chi connectivity index (χ2v) is 9.06. The van der Waals surface area contributed by atoms with Crippen molar-refractivity contribution in [3.05, 3.63) is 58.6 Å². The molecule has 1 aliphatic rings. The molecule has 0 fully saturated rings. The zero-order chi connectivity index (χ0) is 21.5. The van der Waals surface area contributed by atoms with Crippen LogP contribution in [0.2, 0.25) is 5.02 Å². The maximum Gasteiger partial charge on any atom is 0.173 e. The highest BCUT2D eigenvalue weighted by Crippen LogP contribution is 2.29. The molecular formula is C25H34ClN3S. The molecule has 2 aromatic carbocycles. The number of rotatable bonds is 8. The summed E-state index contributed by atoms with van der Waals surface area (Å²) in [6.07, 6.45) is 5.94. The molecule has 162 valence electrons. The first kappa shape index (κ1) is 22.9. The van der Waals surface area contributed by atoms with Crippen molar-refractivity contribution in [2.45, 2.75) is 65.5 Å². The number of halogens is 1. The van der Waals surface area contributed by atoms with Crippen molar-refractivity contribution >= 4 is 40.3 Å². The van der Waals surface area contributed by atoms with Crippen LogP contribution >= 0.6 is 23.8 Å². The molecule has 3 nitrogen and oxygen atoms in total. The Morgan fingerprint density at radius 3 is 2.80 bits per heavy atom. The molecule has 0 unspecified atom stereocenters. The quantitative estimate of drug-likeness (QED) is 0.447. The van der Waals surface area contributed by atoms with Crippen LogP contribution in [0.15, 0.2) is 42.5 Å². The first-order valence-corrected chi connectivity index (χ1v) is 12.0. The van der Waals surface area contributed by atoms with Crippen LogP contribution in [0.4, 0.5) is 11.4 Å². The summed E-state index contributed by atoms with van der Waals surface area (Å²) in [5.74, 6) is 0. The highest BCUT2D eigenvalue weighted by atomic mass is 35.5. The first-order valence-electron chi connectivity index (χ1n) is 11.2. The number of hydrogen-bond donors (Lipinski definition) is 1. The minimum Gasteiger partial charge on any atom is -0.371 e. The van der Waals surface area contributed by atoms with E-state index in [1.807, 2.05) is 24.3 Å². The Hall–Kier alpha value is -1.78. The van der Waals surface area contributed by atoms with Gasteiger partial charge in [-0.2, -0.15) is 0 Å². The Morgan fingerprint density at radius 2 is 2.07 bits per heavy atom. The van der Waals surface area contributed by atoms with Crippen molar-refractivity contribution in [2.24, 2.45) is 0 Å². The molecule has 0 saturated carbocycles. The molecule has 0 amide bonds. The van der Waals surface area contributed by atoms with E-state index in [0.29, 0.717) is 11.1 Å². The van der Waals surface area contributed by atoms with Crippen molar-refractivity contribution < 1.29 is 0 Å². The third kappa shape index (κ3) is 5.89. The van der Waals surface area contributed by atoms with Crippen LogP contribution in [0.1, 0.15) is 57.6 Å².